The van der Waals surface area contributed by atoms with Gasteiger partial charge in [-0.2, -0.15) is 5.10 Å². The minimum Gasteiger partial charge on any atom is -0.497 e. The van der Waals surface area contributed by atoms with E-state index in [-0.39, 0.29) is 17.7 Å². The Kier molecular flexibility index (Phi) is 5.78. The smallest absolute Gasteiger partial charge is 0.253 e. The van der Waals surface area contributed by atoms with E-state index in [1.807, 2.05) is 53.9 Å². The fraction of sp³-hybridized carbons (Fsp3) is 0.182. The van der Waals surface area contributed by atoms with Gasteiger partial charge in [-0.15, -0.1) is 16.4 Å². The number of amides is 1. The van der Waals surface area contributed by atoms with Crippen molar-refractivity contribution in [1.29, 1.82) is 0 Å². The number of hydrogen-bond acceptors (Lipinski definition) is 8. The minimum absolute atomic E-state index is 0.126. The van der Waals surface area contributed by atoms with Gasteiger partial charge in [-0.1, -0.05) is 17.8 Å². The number of aromatic amines is 1. The maximum atomic E-state index is 13.1. The molecule has 1 aliphatic heterocycles. The maximum absolute atomic E-state index is 13.1. The summed E-state index contributed by atoms with van der Waals surface area (Å²) in [4.78, 5) is 18.6. The molecule has 1 aliphatic rings. The molecule has 32 heavy (non-hydrogen) atoms. The van der Waals surface area contributed by atoms with Crippen molar-refractivity contribution < 1.29 is 13.9 Å². The highest BCUT2D eigenvalue weighted by molar-refractivity contribution is 7.99. The molecule has 4 heterocycles. The number of furan rings is 1. The van der Waals surface area contributed by atoms with Crippen LogP contribution in [0.4, 0.5) is 0 Å². The molecule has 10 heteroatoms. The van der Waals surface area contributed by atoms with E-state index in [1.165, 1.54) is 16.8 Å². The molecule has 0 radical (unpaired) electrons. The van der Waals surface area contributed by atoms with Crippen LogP contribution in [0.25, 0.3) is 11.4 Å². The summed E-state index contributed by atoms with van der Waals surface area (Å²) in [5.74, 6) is 2.17. The molecule has 3 aromatic heterocycles. The van der Waals surface area contributed by atoms with Crippen LogP contribution >= 0.6 is 23.1 Å². The van der Waals surface area contributed by atoms with E-state index in [4.69, 9.17) is 9.15 Å². The van der Waals surface area contributed by atoms with Crippen LogP contribution in [0, 0.1) is 0 Å². The van der Waals surface area contributed by atoms with E-state index in [0.717, 1.165) is 27.7 Å². The number of methoxy groups -OCH3 is 1. The summed E-state index contributed by atoms with van der Waals surface area (Å²) in [5.41, 5.74) is 1.78. The third-order valence-corrected chi connectivity index (χ3v) is 6.75. The molecule has 0 aliphatic carbocycles. The van der Waals surface area contributed by atoms with E-state index in [9.17, 15) is 4.79 Å². The number of nitrogens with zero attached hydrogens (tertiary/aromatic N) is 4. The zero-order valence-corrected chi connectivity index (χ0v) is 18.7. The molecule has 0 saturated heterocycles. The highest BCUT2D eigenvalue weighted by atomic mass is 32.2. The molecule has 8 nitrogen and oxygen atoms in total. The number of aromatic nitrogens is 3. The van der Waals surface area contributed by atoms with E-state index in [2.05, 4.69) is 20.3 Å². The van der Waals surface area contributed by atoms with Crippen molar-refractivity contribution in [2.24, 2.45) is 5.10 Å². The number of thiophene rings is 1. The summed E-state index contributed by atoms with van der Waals surface area (Å²) in [6.45, 7) is 0. The fourth-order valence-corrected chi connectivity index (χ4v) is 4.79. The van der Waals surface area contributed by atoms with Gasteiger partial charge in [0.05, 0.1) is 29.7 Å². The van der Waals surface area contributed by atoms with Crippen molar-refractivity contribution in [2.45, 2.75) is 17.6 Å². The van der Waals surface area contributed by atoms with Crippen molar-refractivity contribution in [2.75, 3.05) is 12.9 Å². The molecule has 1 N–H and O–H groups in total. The highest BCUT2D eigenvalue weighted by Gasteiger charge is 2.35. The van der Waals surface area contributed by atoms with Gasteiger partial charge in [0.15, 0.2) is 5.82 Å². The normalized spacial score (nSPS) is 15.7. The second kappa shape index (κ2) is 9.01. The number of thioether (sulfide) groups is 1. The summed E-state index contributed by atoms with van der Waals surface area (Å²) in [6, 6.07) is 15.0. The number of carbonyl (C=O) groups excluding carboxylic acids is 1. The lowest BCUT2D eigenvalue weighted by molar-refractivity contribution is -0.130. The Hall–Kier alpha value is -3.37. The van der Waals surface area contributed by atoms with Gasteiger partial charge in [-0.3, -0.25) is 9.89 Å². The van der Waals surface area contributed by atoms with E-state index in [1.54, 1.807) is 24.7 Å². The Labute approximate surface area is 192 Å². The zero-order valence-electron chi connectivity index (χ0n) is 17.1. The standard InChI is InChI=1S/C22H19N5O3S2/c1-29-15-8-6-14(7-9-15)21-23-22(25-24-21)32-13-20(28)27-17(18-4-2-10-30-18)12-16(26-27)19-5-3-11-31-19/h2-11,17H,12-13H2,1H3,(H,23,24,25). The maximum Gasteiger partial charge on any atom is 0.253 e. The predicted octanol–water partition coefficient (Wildman–Crippen LogP) is 4.60. The van der Waals surface area contributed by atoms with Crippen molar-refractivity contribution in [3.05, 3.63) is 70.8 Å². The average molecular weight is 466 g/mol. The number of hydrogen-bond donors (Lipinski definition) is 1. The van der Waals surface area contributed by atoms with Crippen molar-refractivity contribution in [3.8, 4) is 17.1 Å². The quantitative estimate of drug-likeness (QED) is 0.401. The van der Waals surface area contributed by atoms with E-state index >= 15 is 0 Å². The Morgan fingerprint density at radius 2 is 2.16 bits per heavy atom. The van der Waals surface area contributed by atoms with Crippen LogP contribution < -0.4 is 4.74 Å². The molecular formula is C22H19N5O3S2. The van der Waals surface area contributed by atoms with Crippen molar-refractivity contribution >= 4 is 34.7 Å². The van der Waals surface area contributed by atoms with Gasteiger partial charge in [-0.25, -0.2) is 9.99 Å². The van der Waals surface area contributed by atoms with E-state index < -0.39 is 0 Å². The number of ether oxygens (including phenoxy) is 1. The van der Waals surface area contributed by atoms with Gasteiger partial charge in [0, 0.05) is 12.0 Å². The Morgan fingerprint density at radius 3 is 2.88 bits per heavy atom. The molecule has 162 valence electrons. The van der Waals surface area contributed by atoms with Crippen LogP contribution in [0.3, 0.4) is 0 Å². The molecule has 0 fully saturated rings. The molecular weight excluding hydrogens is 446 g/mol. The van der Waals surface area contributed by atoms with Gasteiger partial charge in [-0.05, 0) is 47.8 Å². The van der Waals surface area contributed by atoms with Gasteiger partial charge < -0.3 is 9.15 Å². The SMILES string of the molecule is COc1ccc(-c2nc(SCC(=O)N3N=C(c4cccs4)CC3c3ccco3)n[nH]2)cc1. The molecule has 1 unspecified atom stereocenters. The van der Waals surface area contributed by atoms with Crippen LogP contribution in [0.5, 0.6) is 5.75 Å². The first-order valence-corrected chi connectivity index (χ1v) is 11.7. The summed E-state index contributed by atoms with van der Waals surface area (Å²) in [5, 5.41) is 15.8. The third-order valence-electron chi connectivity index (χ3n) is 5.00. The van der Waals surface area contributed by atoms with Gasteiger partial charge in [0.25, 0.3) is 5.91 Å². The van der Waals surface area contributed by atoms with Crippen molar-refractivity contribution in [1.82, 2.24) is 20.2 Å². The Bertz CT molecular complexity index is 1220. The molecule has 0 bridgehead atoms. The average Bonchev–Trinajstić information content (AvgIpc) is 3.63. The Morgan fingerprint density at radius 1 is 1.28 bits per heavy atom. The number of benzene rings is 1. The number of H-pyrrole nitrogens is 1. The van der Waals surface area contributed by atoms with Gasteiger partial charge in [0.1, 0.15) is 17.6 Å². The molecule has 0 spiro atoms. The largest absolute Gasteiger partial charge is 0.497 e. The van der Waals surface area contributed by atoms with Crippen LogP contribution in [0.2, 0.25) is 0 Å². The number of nitrogens with one attached hydrogen (secondary N) is 1. The molecule has 1 aromatic carbocycles. The lowest BCUT2D eigenvalue weighted by Gasteiger charge is -2.19. The van der Waals surface area contributed by atoms with Crippen molar-refractivity contribution in [3.63, 3.8) is 0 Å². The fourth-order valence-electron chi connectivity index (χ4n) is 3.42. The Balaban J connectivity index is 1.28. The van der Waals surface area contributed by atoms with Crippen LogP contribution in [0.1, 0.15) is 23.1 Å². The summed E-state index contributed by atoms with van der Waals surface area (Å²) >= 11 is 2.88. The number of rotatable bonds is 7. The van der Waals surface area contributed by atoms with E-state index in [0.29, 0.717) is 17.4 Å². The second-order valence-electron chi connectivity index (χ2n) is 6.98. The summed E-state index contributed by atoms with van der Waals surface area (Å²) in [7, 11) is 1.62. The third kappa shape index (κ3) is 4.19. The molecule has 5 rings (SSSR count). The monoisotopic (exact) mass is 465 g/mol. The predicted molar refractivity (Wildman–Crippen MR) is 123 cm³/mol. The van der Waals surface area contributed by atoms with Crippen LogP contribution in [-0.2, 0) is 4.79 Å². The minimum atomic E-state index is -0.253. The van der Waals surface area contributed by atoms with Gasteiger partial charge >= 0.3 is 0 Å². The van der Waals surface area contributed by atoms with Crippen LogP contribution in [-0.4, -0.2) is 44.7 Å². The molecule has 4 aromatic rings. The van der Waals surface area contributed by atoms with Gasteiger partial charge in [0.2, 0.25) is 5.16 Å². The van der Waals surface area contributed by atoms with Crippen LogP contribution in [0.15, 0.2) is 74.8 Å². The first-order chi connectivity index (χ1) is 15.7. The first-order valence-electron chi connectivity index (χ1n) is 9.87. The topological polar surface area (TPSA) is 96.6 Å². The summed E-state index contributed by atoms with van der Waals surface area (Å²) < 4.78 is 10.8. The highest BCUT2D eigenvalue weighted by Crippen LogP contribution is 2.34. The summed E-state index contributed by atoms with van der Waals surface area (Å²) in [6.07, 6.45) is 2.23. The molecule has 0 saturated carbocycles. The number of carbonyl (C=O) groups is 1. The molecule has 1 amide bonds. The first kappa shape index (κ1) is 20.5. The lowest BCUT2D eigenvalue weighted by Crippen LogP contribution is -2.28. The lowest BCUT2D eigenvalue weighted by atomic mass is 10.1. The zero-order chi connectivity index (χ0) is 21.9. The molecule has 1 atom stereocenters. The second-order valence-corrected chi connectivity index (χ2v) is 8.87. The number of hydrazone groups is 1.